The molecular formula is C7H6N2O2. The fraction of sp³-hybridized carbons (Fsp3) is 0. The van der Waals surface area contributed by atoms with Crippen LogP contribution in [0.5, 0.6) is 0 Å². The molecule has 1 aromatic heterocycles. The lowest BCUT2D eigenvalue weighted by molar-refractivity contribution is 0.0690. The van der Waals surface area contributed by atoms with Crippen LogP contribution < -0.4 is 0 Å². The third-order valence-electron chi connectivity index (χ3n) is 1.05. The zero-order valence-corrected chi connectivity index (χ0v) is 5.69. The van der Waals surface area contributed by atoms with E-state index in [9.17, 15) is 4.79 Å². The summed E-state index contributed by atoms with van der Waals surface area (Å²) in [5.74, 6) is -1.04. The van der Waals surface area contributed by atoms with E-state index >= 15 is 0 Å². The summed E-state index contributed by atoms with van der Waals surface area (Å²) in [6.07, 6.45) is 2.95. The van der Waals surface area contributed by atoms with Gasteiger partial charge in [0, 0.05) is 6.20 Å². The Bertz CT molecular complexity index is 304. The SMILES string of the molecule is C=C=Cn1ccc(C(=O)O)n1. The Balaban J connectivity index is 2.99. The highest BCUT2D eigenvalue weighted by Gasteiger charge is 2.04. The van der Waals surface area contributed by atoms with Crippen molar-refractivity contribution in [2.45, 2.75) is 0 Å². The topological polar surface area (TPSA) is 55.1 Å². The number of aromatic nitrogens is 2. The van der Waals surface area contributed by atoms with E-state index < -0.39 is 5.97 Å². The van der Waals surface area contributed by atoms with Gasteiger partial charge in [0.2, 0.25) is 0 Å². The van der Waals surface area contributed by atoms with Gasteiger partial charge in [-0.15, -0.1) is 5.73 Å². The maximum absolute atomic E-state index is 10.3. The molecule has 0 aromatic carbocycles. The first-order valence-corrected chi connectivity index (χ1v) is 2.88. The van der Waals surface area contributed by atoms with E-state index in [1.54, 1.807) is 0 Å². The molecule has 0 aliphatic carbocycles. The van der Waals surface area contributed by atoms with Crippen molar-refractivity contribution < 1.29 is 9.90 Å². The second-order valence-corrected chi connectivity index (χ2v) is 1.82. The van der Waals surface area contributed by atoms with E-state index in [0.29, 0.717) is 0 Å². The average molecular weight is 150 g/mol. The summed E-state index contributed by atoms with van der Waals surface area (Å²) in [5, 5.41) is 12.1. The summed E-state index contributed by atoms with van der Waals surface area (Å²) < 4.78 is 1.33. The molecule has 4 heteroatoms. The smallest absolute Gasteiger partial charge is 0.356 e. The minimum absolute atomic E-state index is 0.0106. The van der Waals surface area contributed by atoms with Crippen molar-refractivity contribution in [3.63, 3.8) is 0 Å². The van der Waals surface area contributed by atoms with E-state index in [-0.39, 0.29) is 5.69 Å². The number of carboxylic acids is 1. The molecule has 0 unspecified atom stereocenters. The van der Waals surface area contributed by atoms with Crippen molar-refractivity contribution in [1.29, 1.82) is 0 Å². The molecule has 0 aliphatic rings. The Morgan fingerprint density at radius 3 is 3.09 bits per heavy atom. The van der Waals surface area contributed by atoms with Gasteiger partial charge in [0.1, 0.15) is 0 Å². The summed E-state index contributed by atoms with van der Waals surface area (Å²) in [6.45, 7) is 3.32. The van der Waals surface area contributed by atoms with Gasteiger partial charge >= 0.3 is 5.97 Å². The lowest BCUT2D eigenvalue weighted by Gasteiger charge is -1.84. The van der Waals surface area contributed by atoms with Crippen molar-refractivity contribution in [2.75, 3.05) is 0 Å². The molecule has 1 aromatic rings. The standard InChI is InChI=1S/C7H6N2O2/c1-2-4-9-5-3-6(8-9)7(10)11/h3-5H,1H2,(H,10,11). The Kier molecular flexibility index (Phi) is 1.90. The van der Waals surface area contributed by atoms with Crippen molar-refractivity contribution in [1.82, 2.24) is 9.78 Å². The fourth-order valence-electron chi connectivity index (χ4n) is 0.618. The molecular weight excluding hydrogens is 144 g/mol. The second-order valence-electron chi connectivity index (χ2n) is 1.82. The second kappa shape index (κ2) is 2.86. The number of aromatic carboxylic acids is 1. The molecule has 1 rings (SSSR count). The van der Waals surface area contributed by atoms with Gasteiger partial charge in [-0.25, -0.2) is 9.48 Å². The molecule has 11 heavy (non-hydrogen) atoms. The minimum atomic E-state index is -1.04. The number of nitrogens with zero attached hydrogens (tertiary/aromatic N) is 2. The highest BCUT2D eigenvalue weighted by atomic mass is 16.4. The molecule has 4 nitrogen and oxygen atoms in total. The summed E-state index contributed by atoms with van der Waals surface area (Å²) in [5.41, 5.74) is 2.48. The van der Waals surface area contributed by atoms with Crippen LogP contribution in [0.3, 0.4) is 0 Å². The van der Waals surface area contributed by atoms with Gasteiger partial charge in [-0.3, -0.25) is 0 Å². The molecule has 0 aliphatic heterocycles. The predicted molar refractivity (Wildman–Crippen MR) is 39.1 cm³/mol. The van der Waals surface area contributed by atoms with Crippen LogP contribution in [0.15, 0.2) is 24.6 Å². The zero-order chi connectivity index (χ0) is 8.27. The van der Waals surface area contributed by atoms with Crippen LogP contribution in [0.25, 0.3) is 6.20 Å². The molecule has 0 atom stereocenters. The molecule has 0 fully saturated rings. The van der Waals surface area contributed by atoms with E-state index in [1.807, 2.05) is 0 Å². The van der Waals surface area contributed by atoms with Crippen LogP contribution in [0.1, 0.15) is 10.5 Å². The van der Waals surface area contributed by atoms with Gasteiger partial charge in [-0.1, -0.05) is 6.58 Å². The Labute approximate surface area is 63.1 Å². The van der Waals surface area contributed by atoms with Crippen LogP contribution in [-0.4, -0.2) is 20.9 Å². The number of carboxylic acid groups (broad SMARTS) is 1. The maximum atomic E-state index is 10.3. The van der Waals surface area contributed by atoms with Crippen molar-refractivity contribution in [3.8, 4) is 0 Å². The summed E-state index contributed by atoms with van der Waals surface area (Å²) >= 11 is 0. The van der Waals surface area contributed by atoms with E-state index in [0.717, 1.165) is 0 Å². The summed E-state index contributed by atoms with van der Waals surface area (Å²) in [4.78, 5) is 10.3. The molecule has 0 spiro atoms. The van der Waals surface area contributed by atoms with Crippen LogP contribution in [0.2, 0.25) is 0 Å². The fourth-order valence-corrected chi connectivity index (χ4v) is 0.618. The molecule has 0 saturated heterocycles. The first kappa shape index (κ1) is 7.31. The Morgan fingerprint density at radius 1 is 1.91 bits per heavy atom. The first-order chi connectivity index (χ1) is 5.24. The molecule has 1 N–H and O–H groups in total. The molecule has 56 valence electrons. The van der Waals surface area contributed by atoms with Crippen molar-refractivity contribution in [2.24, 2.45) is 0 Å². The quantitative estimate of drug-likeness (QED) is 0.635. The van der Waals surface area contributed by atoms with Gasteiger partial charge in [0.05, 0.1) is 6.20 Å². The number of hydrogen-bond donors (Lipinski definition) is 1. The normalized spacial score (nSPS) is 8.73. The maximum Gasteiger partial charge on any atom is 0.356 e. The average Bonchev–Trinajstić information content (AvgIpc) is 2.37. The highest BCUT2D eigenvalue weighted by Crippen LogP contribution is 1.94. The summed E-state index contributed by atoms with van der Waals surface area (Å²) in [6, 6.07) is 1.40. The monoisotopic (exact) mass is 150 g/mol. The number of rotatable bonds is 2. The largest absolute Gasteiger partial charge is 0.476 e. The first-order valence-electron chi connectivity index (χ1n) is 2.88. The lowest BCUT2D eigenvalue weighted by atomic mass is 10.5. The number of hydrogen-bond acceptors (Lipinski definition) is 2. The highest BCUT2D eigenvalue weighted by molar-refractivity contribution is 5.85. The van der Waals surface area contributed by atoms with Gasteiger partial charge < -0.3 is 5.11 Å². The summed E-state index contributed by atoms with van der Waals surface area (Å²) in [7, 11) is 0. The predicted octanol–water partition coefficient (Wildman–Crippen LogP) is 0.837. The van der Waals surface area contributed by atoms with Gasteiger partial charge in [-0.2, -0.15) is 5.10 Å². The number of carbonyl (C=O) groups is 1. The van der Waals surface area contributed by atoms with Crippen molar-refractivity contribution >= 4 is 12.2 Å². The van der Waals surface area contributed by atoms with Crippen LogP contribution in [0, 0.1) is 0 Å². The van der Waals surface area contributed by atoms with E-state index in [2.05, 4.69) is 17.4 Å². The van der Waals surface area contributed by atoms with E-state index in [1.165, 1.54) is 23.1 Å². The van der Waals surface area contributed by atoms with E-state index in [4.69, 9.17) is 5.11 Å². The van der Waals surface area contributed by atoms with Gasteiger partial charge in [0.15, 0.2) is 5.69 Å². The molecule has 1 heterocycles. The third kappa shape index (κ3) is 1.56. The Morgan fingerprint density at radius 2 is 2.64 bits per heavy atom. The third-order valence-corrected chi connectivity index (χ3v) is 1.05. The Hall–Kier alpha value is -1.80. The zero-order valence-electron chi connectivity index (χ0n) is 5.69. The van der Waals surface area contributed by atoms with Gasteiger partial charge in [0.25, 0.3) is 0 Å². The van der Waals surface area contributed by atoms with Crippen LogP contribution >= 0.6 is 0 Å². The molecule has 0 saturated carbocycles. The molecule has 0 bridgehead atoms. The molecule has 0 radical (unpaired) electrons. The minimum Gasteiger partial charge on any atom is -0.476 e. The van der Waals surface area contributed by atoms with Crippen LogP contribution in [-0.2, 0) is 0 Å². The molecule has 0 amide bonds. The van der Waals surface area contributed by atoms with Crippen LogP contribution in [0.4, 0.5) is 0 Å². The van der Waals surface area contributed by atoms with Crippen molar-refractivity contribution in [3.05, 3.63) is 30.3 Å². The lowest BCUT2D eigenvalue weighted by Crippen LogP contribution is -1.97. The van der Waals surface area contributed by atoms with Gasteiger partial charge in [-0.05, 0) is 6.07 Å².